The maximum Gasteiger partial charge on any atom is 0.251 e. The Bertz CT molecular complexity index is 749. The van der Waals surface area contributed by atoms with Crippen molar-refractivity contribution in [1.29, 1.82) is 0 Å². The molecule has 1 aliphatic rings. The van der Waals surface area contributed by atoms with Crippen LogP contribution in [0, 0.1) is 0 Å². The van der Waals surface area contributed by atoms with Gasteiger partial charge in [0.15, 0.2) is 5.65 Å². The number of hydrogen-bond acceptors (Lipinski definition) is 5. The Morgan fingerprint density at radius 2 is 2.20 bits per heavy atom. The third-order valence-corrected chi connectivity index (χ3v) is 4.13. The zero-order valence-corrected chi connectivity index (χ0v) is 14.2. The number of amides is 1. The van der Waals surface area contributed by atoms with Crippen molar-refractivity contribution in [2.75, 3.05) is 31.6 Å². The predicted molar refractivity (Wildman–Crippen MR) is 87.9 cm³/mol. The molecule has 3 rings (SSSR count). The second-order valence-electron chi connectivity index (χ2n) is 6.32. The maximum atomic E-state index is 12.7. The first-order valence-corrected chi connectivity index (χ1v) is 8.21. The topological polar surface area (TPSA) is 71.8 Å². The Balaban J connectivity index is 1.77. The van der Waals surface area contributed by atoms with Gasteiger partial charge in [-0.3, -0.25) is 14.1 Å². The van der Waals surface area contributed by atoms with Crippen molar-refractivity contribution in [3.05, 3.63) is 24.2 Å². The van der Waals surface area contributed by atoms with Crippen molar-refractivity contribution >= 4 is 17.2 Å². The van der Waals surface area contributed by atoms with E-state index in [1.165, 1.54) is 4.90 Å². The third kappa shape index (κ3) is 3.93. The third-order valence-electron chi connectivity index (χ3n) is 4.13. The number of nitrogens with zero attached hydrogens (tertiary/aromatic N) is 4. The van der Waals surface area contributed by atoms with Crippen LogP contribution in [0.5, 0.6) is 0 Å². The molecule has 1 atom stereocenters. The molecule has 0 bridgehead atoms. The molecular formula is C16H21F2N5O2. The van der Waals surface area contributed by atoms with Crippen LogP contribution >= 0.6 is 0 Å². The summed E-state index contributed by atoms with van der Waals surface area (Å²) in [6.45, 7) is 4.33. The standard InChI is InChI=1S/C16H21F2N5O2/c1-10(2)15-21-20-14-4-3-11(7-23(14)15)19-16(24)12-9-25-6-5-22(12)8-13(17)18/h3-4,7,10,12-13H,5-6,8-9H2,1-2H3,(H,19,24)/t12-/m1/s1. The van der Waals surface area contributed by atoms with E-state index in [-0.39, 0.29) is 18.4 Å². The number of pyridine rings is 1. The van der Waals surface area contributed by atoms with Crippen LogP contribution in [0.25, 0.3) is 5.65 Å². The van der Waals surface area contributed by atoms with Crippen molar-refractivity contribution in [2.45, 2.75) is 32.2 Å². The van der Waals surface area contributed by atoms with Gasteiger partial charge in [-0.2, -0.15) is 0 Å². The summed E-state index contributed by atoms with van der Waals surface area (Å²) < 4.78 is 32.5. The fourth-order valence-corrected chi connectivity index (χ4v) is 2.88. The van der Waals surface area contributed by atoms with Gasteiger partial charge in [0, 0.05) is 18.7 Å². The summed E-state index contributed by atoms with van der Waals surface area (Å²) in [6, 6.07) is 2.74. The Kier molecular flexibility index (Phi) is 5.24. The predicted octanol–water partition coefficient (Wildman–Crippen LogP) is 1.76. The van der Waals surface area contributed by atoms with Crippen LogP contribution in [0.2, 0.25) is 0 Å². The number of aromatic nitrogens is 3. The molecule has 0 saturated carbocycles. The minimum atomic E-state index is -2.49. The van der Waals surface area contributed by atoms with Crippen molar-refractivity contribution in [3.8, 4) is 0 Å². The number of carbonyl (C=O) groups excluding carboxylic acids is 1. The van der Waals surface area contributed by atoms with E-state index in [0.717, 1.165) is 5.82 Å². The first-order valence-electron chi connectivity index (χ1n) is 8.21. The van der Waals surface area contributed by atoms with E-state index < -0.39 is 19.0 Å². The minimum absolute atomic E-state index is 0.102. The minimum Gasteiger partial charge on any atom is -0.378 e. The van der Waals surface area contributed by atoms with Gasteiger partial charge in [0.05, 0.1) is 25.4 Å². The Morgan fingerprint density at radius 3 is 2.92 bits per heavy atom. The fraction of sp³-hybridized carbons (Fsp3) is 0.562. The van der Waals surface area contributed by atoms with E-state index in [1.807, 2.05) is 18.2 Å². The molecule has 7 nitrogen and oxygen atoms in total. The Morgan fingerprint density at radius 1 is 1.40 bits per heavy atom. The Hall–Kier alpha value is -2.13. The van der Waals surface area contributed by atoms with Gasteiger partial charge in [-0.15, -0.1) is 10.2 Å². The molecule has 1 fully saturated rings. The van der Waals surface area contributed by atoms with Crippen LogP contribution < -0.4 is 5.32 Å². The molecule has 0 aliphatic carbocycles. The Labute approximate surface area is 144 Å². The van der Waals surface area contributed by atoms with E-state index in [4.69, 9.17) is 4.74 Å². The molecule has 1 aliphatic heterocycles. The van der Waals surface area contributed by atoms with Gasteiger partial charge in [0.25, 0.3) is 6.43 Å². The van der Waals surface area contributed by atoms with Crippen molar-refractivity contribution in [1.82, 2.24) is 19.5 Å². The highest BCUT2D eigenvalue weighted by atomic mass is 19.3. The highest BCUT2D eigenvalue weighted by molar-refractivity contribution is 5.95. The van der Waals surface area contributed by atoms with Crippen molar-refractivity contribution in [2.24, 2.45) is 0 Å². The molecule has 136 valence electrons. The van der Waals surface area contributed by atoms with Gasteiger partial charge in [-0.05, 0) is 12.1 Å². The second kappa shape index (κ2) is 7.40. The van der Waals surface area contributed by atoms with Gasteiger partial charge in [0.1, 0.15) is 11.9 Å². The average Bonchev–Trinajstić information content (AvgIpc) is 2.98. The molecule has 2 aromatic heterocycles. The summed E-state index contributed by atoms with van der Waals surface area (Å²) in [7, 11) is 0. The van der Waals surface area contributed by atoms with Crippen LogP contribution in [0.15, 0.2) is 18.3 Å². The van der Waals surface area contributed by atoms with E-state index in [1.54, 1.807) is 18.3 Å². The van der Waals surface area contributed by atoms with Crippen LogP contribution in [0.1, 0.15) is 25.6 Å². The number of morpholine rings is 1. The van der Waals surface area contributed by atoms with Crippen molar-refractivity contribution in [3.63, 3.8) is 0 Å². The molecule has 3 heterocycles. The summed E-state index contributed by atoms with van der Waals surface area (Å²) in [5, 5.41) is 11.0. The SMILES string of the molecule is CC(C)c1nnc2ccc(NC(=O)[C@H]3COCCN3CC(F)F)cn12. The zero-order valence-electron chi connectivity index (χ0n) is 14.2. The summed E-state index contributed by atoms with van der Waals surface area (Å²) in [5.41, 5.74) is 1.24. The summed E-state index contributed by atoms with van der Waals surface area (Å²) in [4.78, 5) is 14.0. The van der Waals surface area contributed by atoms with E-state index in [0.29, 0.717) is 24.5 Å². The summed E-state index contributed by atoms with van der Waals surface area (Å²) >= 11 is 0. The average molecular weight is 353 g/mol. The molecule has 9 heteroatoms. The first-order chi connectivity index (χ1) is 12.0. The van der Waals surface area contributed by atoms with Crippen LogP contribution in [-0.2, 0) is 9.53 Å². The molecular weight excluding hydrogens is 332 g/mol. The lowest BCUT2D eigenvalue weighted by molar-refractivity contribution is -0.128. The molecule has 0 spiro atoms. The van der Waals surface area contributed by atoms with Gasteiger partial charge >= 0.3 is 0 Å². The van der Waals surface area contributed by atoms with Crippen molar-refractivity contribution < 1.29 is 18.3 Å². The largest absolute Gasteiger partial charge is 0.378 e. The first kappa shape index (κ1) is 17.7. The molecule has 2 aromatic rings. The number of anilines is 1. The normalized spacial score (nSPS) is 19.0. The highest BCUT2D eigenvalue weighted by Crippen LogP contribution is 2.18. The van der Waals surface area contributed by atoms with Gasteiger partial charge in [-0.1, -0.05) is 13.8 Å². The fourth-order valence-electron chi connectivity index (χ4n) is 2.88. The number of ether oxygens (including phenoxy) is 1. The molecule has 25 heavy (non-hydrogen) atoms. The molecule has 0 unspecified atom stereocenters. The van der Waals surface area contributed by atoms with Crippen LogP contribution in [0.4, 0.5) is 14.5 Å². The maximum absolute atomic E-state index is 12.7. The molecule has 0 aromatic carbocycles. The molecule has 1 saturated heterocycles. The zero-order chi connectivity index (χ0) is 18.0. The van der Waals surface area contributed by atoms with Crippen LogP contribution in [0.3, 0.4) is 0 Å². The number of rotatable bonds is 5. The summed E-state index contributed by atoms with van der Waals surface area (Å²) in [6.07, 6.45) is -0.751. The van der Waals surface area contributed by atoms with Gasteiger partial charge in [0.2, 0.25) is 5.91 Å². The van der Waals surface area contributed by atoms with E-state index in [9.17, 15) is 13.6 Å². The monoisotopic (exact) mass is 353 g/mol. The summed E-state index contributed by atoms with van der Waals surface area (Å²) in [5.74, 6) is 0.597. The van der Waals surface area contributed by atoms with Gasteiger partial charge < -0.3 is 10.1 Å². The van der Waals surface area contributed by atoms with E-state index in [2.05, 4.69) is 15.5 Å². The van der Waals surface area contributed by atoms with E-state index >= 15 is 0 Å². The molecule has 0 radical (unpaired) electrons. The molecule has 1 N–H and O–H groups in total. The second-order valence-corrected chi connectivity index (χ2v) is 6.32. The number of carbonyl (C=O) groups is 1. The lowest BCUT2D eigenvalue weighted by Crippen LogP contribution is -2.53. The lowest BCUT2D eigenvalue weighted by atomic mass is 10.2. The quantitative estimate of drug-likeness (QED) is 0.887. The lowest BCUT2D eigenvalue weighted by Gasteiger charge is -2.34. The smallest absolute Gasteiger partial charge is 0.251 e. The van der Waals surface area contributed by atoms with Crippen LogP contribution in [-0.4, -0.2) is 64.2 Å². The van der Waals surface area contributed by atoms with Gasteiger partial charge in [-0.25, -0.2) is 8.78 Å². The highest BCUT2D eigenvalue weighted by Gasteiger charge is 2.31. The number of alkyl halides is 2. The number of nitrogens with one attached hydrogen (secondary N) is 1. The molecule has 1 amide bonds. The number of halogens is 2. The number of hydrogen-bond donors (Lipinski definition) is 1. The number of fused-ring (bicyclic) bond motifs is 1.